The molecule has 160 valence electrons. The van der Waals surface area contributed by atoms with Crippen molar-refractivity contribution < 1.29 is 13.2 Å². The van der Waals surface area contributed by atoms with Crippen LogP contribution in [0, 0.1) is 0 Å². The molecule has 0 amide bonds. The summed E-state index contributed by atoms with van der Waals surface area (Å²) in [5, 5.41) is 3.13. The van der Waals surface area contributed by atoms with Crippen LogP contribution in [0.1, 0.15) is 36.8 Å². The van der Waals surface area contributed by atoms with Crippen LogP contribution in [0.3, 0.4) is 0 Å². The second kappa shape index (κ2) is 9.49. The highest BCUT2D eigenvalue weighted by atomic mass is 79.9. The molecular weight excluding hydrogens is 466 g/mol. The first-order valence-corrected chi connectivity index (χ1v) is 12.6. The Hall–Kier alpha value is -1.90. The molecule has 0 atom stereocenters. The highest BCUT2D eigenvalue weighted by molar-refractivity contribution is 9.10. The summed E-state index contributed by atoms with van der Waals surface area (Å²) in [5.41, 5.74) is 1.89. The Balaban J connectivity index is 1.25. The van der Waals surface area contributed by atoms with Crippen molar-refractivity contribution in [2.45, 2.75) is 37.1 Å². The number of nitrogens with one attached hydrogen (secondary N) is 1. The molecule has 2 heterocycles. The zero-order valence-corrected chi connectivity index (χ0v) is 19.2. The molecule has 0 bridgehead atoms. The first-order valence-electron chi connectivity index (χ1n) is 10.3. The average molecular weight is 492 g/mol. The van der Waals surface area contributed by atoms with Gasteiger partial charge in [0.1, 0.15) is 16.5 Å². The van der Waals surface area contributed by atoms with E-state index >= 15 is 0 Å². The molecule has 8 heteroatoms. The first-order chi connectivity index (χ1) is 14.5. The number of sulfonamides is 1. The molecule has 0 saturated carbocycles. The zero-order valence-electron chi connectivity index (χ0n) is 16.8. The Labute approximate surface area is 186 Å². The molecule has 1 fully saturated rings. The van der Waals surface area contributed by atoms with Crippen molar-refractivity contribution in [2.75, 3.05) is 26.2 Å². The molecule has 30 heavy (non-hydrogen) atoms. The smallest absolute Gasteiger partial charge is 0.285 e. The van der Waals surface area contributed by atoms with Crippen LogP contribution in [0.4, 0.5) is 0 Å². The number of benzene rings is 2. The standard InChI is InChI=1S/C22H26BrN3O3S/c23-18-8-9-20-21(15-18)30(27,28)25-22(20)24-10-5-13-29-19-7-4-6-17(14-19)16-26-11-2-1-3-12-26/h4,6-9,14-15H,1-3,5,10-13,16H2,(H,24,25). The summed E-state index contributed by atoms with van der Waals surface area (Å²) in [4.78, 5) is 2.74. The molecule has 1 N–H and O–H groups in total. The fraction of sp³-hybridized carbons (Fsp3) is 0.409. The topological polar surface area (TPSA) is 71.0 Å². The van der Waals surface area contributed by atoms with Gasteiger partial charge < -0.3 is 10.1 Å². The van der Waals surface area contributed by atoms with Crippen LogP contribution in [-0.4, -0.2) is 45.4 Å². The summed E-state index contributed by atoms with van der Waals surface area (Å²) in [5.74, 6) is 1.28. The SMILES string of the molecule is O=S1(=O)N=C(NCCCOc2cccc(CN3CCCCC3)c2)c2ccc(Br)cc21. The van der Waals surface area contributed by atoms with E-state index in [2.05, 4.69) is 42.7 Å². The Morgan fingerprint density at radius 2 is 1.93 bits per heavy atom. The number of piperidine rings is 1. The van der Waals surface area contributed by atoms with E-state index in [1.165, 1.54) is 37.9 Å². The van der Waals surface area contributed by atoms with E-state index in [1.807, 2.05) is 18.2 Å². The van der Waals surface area contributed by atoms with Crippen molar-refractivity contribution in [3.63, 3.8) is 0 Å². The van der Waals surface area contributed by atoms with Crippen molar-refractivity contribution in [3.05, 3.63) is 58.1 Å². The lowest BCUT2D eigenvalue weighted by molar-refractivity contribution is 0.220. The third kappa shape index (κ3) is 5.22. The lowest BCUT2D eigenvalue weighted by atomic mass is 10.1. The number of hydrogen-bond donors (Lipinski definition) is 1. The third-order valence-corrected chi connectivity index (χ3v) is 7.13. The Kier molecular flexibility index (Phi) is 6.75. The van der Waals surface area contributed by atoms with Crippen LogP contribution < -0.4 is 10.1 Å². The summed E-state index contributed by atoms with van der Waals surface area (Å²) in [6.07, 6.45) is 4.66. The first kappa shape index (κ1) is 21.3. The largest absolute Gasteiger partial charge is 0.494 e. The van der Waals surface area contributed by atoms with E-state index in [9.17, 15) is 8.42 Å². The molecule has 0 aliphatic carbocycles. The number of ether oxygens (including phenoxy) is 1. The van der Waals surface area contributed by atoms with Crippen molar-refractivity contribution in [2.24, 2.45) is 4.40 Å². The van der Waals surface area contributed by atoms with Crippen LogP contribution >= 0.6 is 15.9 Å². The monoisotopic (exact) mass is 491 g/mol. The summed E-state index contributed by atoms with van der Waals surface area (Å²) in [6.45, 7) is 4.46. The van der Waals surface area contributed by atoms with Gasteiger partial charge in [-0.2, -0.15) is 8.42 Å². The normalized spacial score (nSPS) is 18.0. The van der Waals surface area contributed by atoms with Gasteiger partial charge in [0.25, 0.3) is 10.0 Å². The van der Waals surface area contributed by atoms with Gasteiger partial charge in [-0.3, -0.25) is 4.90 Å². The number of hydrogen-bond acceptors (Lipinski definition) is 5. The summed E-state index contributed by atoms with van der Waals surface area (Å²) < 4.78 is 34.9. The number of fused-ring (bicyclic) bond motifs is 1. The van der Waals surface area contributed by atoms with E-state index in [0.29, 0.717) is 24.6 Å². The molecule has 0 unspecified atom stereocenters. The molecular formula is C22H26BrN3O3S. The lowest BCUT2D eigenvalue weighted by Gasteiger charge is -2.26. The molecule has 0 radical (unpaired) electrons. The van der Waals surface area contributed by atoms with E-state index in [0.717, 1.165) is 23.2 Å². The van der Waals surface area contributed by atoms with Gasteiger partial charge in [-0.25, -0.2) is 0 Å². The van der Waals surface area contributed by atoms with Gasteiger partial charge in [0.15, 0.2) is 0 Å². The van der Waals surface area contributed by atoms with Crippen molar-refractivity contribution in [1.29, 1.82) is 0 Å². The molecule has 0 aromatic heterocycles. The van der Waals surface area contributed by atoms with Crippen molar-refractivity contribution in [1.82, 2.24) is 10.2 Å². The van der Waals surface area contributed by atoms with Crippen molar-refractivity contribution in [3.8, 4) is 5.75 Å². The fourth-order valence-corrected chi connectivity index (χ4v) is 5.56. The number of rotatable bonds is 7. The van der Waals surface area contributed by atoms with Gasteiger partial charge in [-0.1, -0.05) is 34.5 Å². The van der Waals surface area contributed by atoms with E-state index in [4.69, 9.17) is 4.74 Å². The van der Waals surface area contributed by atoms with Crippen LogP contribution in [0.5, 0.6) is 5.75 Å². The van der Waals surface area contributed by atoms with Gasteiger partial charge in [0.05, 0.1) is 6.61 Å². The predicted molar refractivity (Wildman–Crippen MR) is 122 cm³/mol. The Bertz CT molecular complexity index is 1030. The van der Waals surface area contributed by atoms with E-state index < -0.39 is 10.0 Å². The van der Waals surface area contributed by atoms with E-state index in [-0.39, 0.29) is 4.90 Å². The Morgan fingerprint density at radius 3 is 2.77 bits per heavy atom. The maximum Gasteiger partial charge on any atom is 0.285 e. The minimum absolute atomic E-state index is 0.237. The average Bonchev–Trinajstić information content (AvgIpc) is 2.98. The van der Waals surface area contributed by atoms with E-state index in [1.54, 1.807) is 12.1 Å². The van der Waals surface area contributed by atoms with Crippen LogP contribution in [0.25, 0.3) is 0 Å². The van der Waals surface area contributed by atoms with Gasteiger partial charge >= 0.3 is 0 Å². The fourth-order valence-electron chi connectivity index (χ4n) is 3.83. The van der Waals surface area contributed by atoms with Gasteiger partial charge in [-0.15, -0.1) is 4.40 Å². The van der Waals surface area contributed by atoms with Crippen LogP contribution in [0.15, 0.2) is 56.2 Å². The molecule has 2 aromatic rings. The summed E-state index contributed by atoms with van der Waals surface area (Å²) >= 11 is 3.31. The molecule has 2 aliphatic heterocycles. The predicted octanol–water partition coefficient (Wildman–Crippen LogP) is 3.94. The quantitative estimate of drug-likeness (QED) is 0.593. The van der Waals surface area contributed by atoms with Crippen LogP contribution in [-0.2, 0) is 16.6 Å². The number of nitrogens with zero attached hydrogens (tertiary/aromatic N) is 2. The molecule has 0 spiro atoms. The molecule has 1 saturated heterocycles. The van der Waals surface area contributed by atoms with Crippen LogP contribution in [0.2, 0.25) is 0 Å². The highest BCUT2D eigenvalue weighted by Gasteiger charge is 2.28. The van der Waals surface area contributed by atoms with Gasteiger partial charge in [-0.05, 0) is 68.2 Å². The molecule has 6 nitrogen and oxygen atoms in total. The number of likely N-dealkylation sites (tertiary alicyclic amines) is 1. The Morgan fingerprint density at radius 1 is 1.10 bits per heavy atom. The molecule has 4 rings (SSSR count). The summed E-state index contributed by atoms with van der Waals surface area (Å²) in [6, 6.07) is 13.5. The zero-order chi connectivity index (χ0) is 21.0. The third-order valence-electron chi connectivity index (χ3n) is 5.32. The second-order valence-electron chi connectivity index (χ2n) is 7.67. The minimum atomic E-state index is -3.62. The van der Waals surface area contributed by atoms with Crippen molar-refractivity contribution >= 4 is 31.8 Å². The second-order valence-corrected chi connectivity index (χ2v) is 10.2. The maximum absolute atomic E-state index is 12.2. The number of halogens is 1. The highest BCUT2D eigenvalue weighted by Crippen LogP contribution is 2.28. The van der Waals surface area contributed by atoms with Gasteiger partial charge in [0, 0.05) is 23.1 Å². The molecule has 2 aromatic carbocycles. The molecule has 2 aliphatic rings. The minimum Gasteiger partial charge on any atom is -0.494 e. The summed E-state index contributed by atoms with van der Waals surface area (Å²) in [7, 11) is -3.62. The van der Waals surface area contributed by atoms with Gasteiger partial charge in [0.2, 0.25) is 0 Å². The lowest BCUT2D eigenvalue weighted by Crippen LogP contribution is -2.29. The maximum atomic E-state index is 12.2. The number of amidine groups is 1.